The van der Waals surface area contributed by atoms with E-state index in [1.807, 2.05) is 38.1 Å². The van der Waals surface area contributed by atoms with E-state index in [-0.39, 0.29) is 12.5 Å². The van der Waals surface area contributed by atoms with Crippen LogP contribution < -0.4 is 14.8 Å². The van der Waals surface area contributed by atoms with Gasteiger partial charge in [-0.2, -0.15) is 0 Å². The first-order valence-corrected chi connectivity index (χ1v) is 9.24. The number of para-hydroxylation sites is 1. The summed E-state index contributed by atoms with van der Waals surface area (Å²) in [6.45, 7) is 6.46. The van der Waals surface area contributed by atoms with Crippen LogP contribution in [0.3, 0.4) is 0 Å². The second-order valence-corrected chi connectivity index (χ2v) is 6.81. The number of benzene rings is 2. The summed E-state index contributed by atoms with van der Waals surface area (Å²) >= 11 is 0. The fraction of sp³-hybridized carbons (Fsp3) is 0.364. The van der Waals surface area contributed by atoms with Gasteiger partial charge in [-0.1, -0.05) is 38.1 Å². The van der Waals surface area contributed by atoms with Crippen molar-refractivity contribution in [2.75, 3.05) is 13.7 Å². The number of methoxy groups -OCH3 is 1. The van der Waals surface area contributed by atoms with Gasteiger partial charge in [0.15, 0.2) is 6.10 Å². The molecule has 1 N–H and O–H groups in total. The predicted octanol–water partition coefficient (Wildman–Crippen LogP) is 3.59. The van der Waals surface area contributed by atoms with Crippen LogP contribution in [0.2, 0.25) is 0 Å². The highest BCUT2D eigenvalue weighted by molar-refractivity contribution is 5.92. The minimum Gasteiger partial charge on any atom is -0.496 e. The fourth-order valence-corrected chi connectivity index (χ4v) is 2.43. The third kappa shape index (κ3) is 6.30. The SMILES string of the molecule is COc1ccccc1CNC(=O)C(C)OC(=O)c1cccc(OCC(C)C)c1. The van der Waals surface area contributed by atoms with Gasteiger partial charge in [0, 0.05) is 12.1 Å². The predicted molar refractivity (Wildman–Crippen MR) is 106 cm³/mol. The molecule has 0 fully saturated rings. The Morgan fingerprint density at radius 2 is 1.79 bits per heavy atom. The van der Waals surface area contributed by atoms with Crippen LogP contribution in [0.15, 0.2) is 48.5 Å². The Kier molecular flexibility index (Phi) is 7.87. The van der Waals surface area contributed by atoms with E-state index in [1.165, 1.54) is 6.92 Å². The van der Waals surface area contributed by atoms with Crippen LogP contribution in [0.4, 0.5) is 0 Å². The van der Waals surface area contributed by atoms with E-state index >= 15 is 0 Å². The van der Waals surface area contributed by atoms with E-state index in [0.717, 1.165) is 5.56 Å². The zero-order chi connectivity index (χ0) is 20.5. The average Bonchev–Trinajstić information content (AvgIpc) is 2.70. The summed E-state index contributed by atoms with van der Waals surface area (Å²) in [5.74, 6) is 0.700. The van der Waals surface area contributed by atoms with E-state index in [4.69, 9.17) is 14.2 Å². The van der Waals surface area contributed by atoms with Crippen LogP contribution in [0, 0.1) is 5.92 Å². The molecule has 6 heteroatoms. The van der Waals surface area contributed by atoms with Gasteiger partial charge >= 0.3 is 5.97 Å². The normalized spacial score (nSPS) is 11.6. The van der Waals surface area contributed by atoms with Crippen LogP contribution in [-0.4, -0.2) is 31.7 Å². The molecule has 0 aliphatic rings. The minimum atomic E-state index is -0.928. The molecule has 1 unspecified atom stereocenters. The summed E-state index contributed by atoms with van der Waals surface area (Å²) in [5.41, 5.74) is 1.18. The Bertz CT molecular complexity index is 803. The van der Waals surface area contributed by atoms with Gasteiger partial charge in [0.1, 0.15) is 11.5 Å². The molecular weight excluding hydrogens is 358 g/mol. The molecule has 150 valence electrons. The number of rotatable bonds is 9. The Labute approximate surface area is 165 Å². The summed E-state index contributed by atoms with van der Waals surface area (Å²) < 4.78 is 16.2. The van der Waals surface area contributed by atoms with Gasteiger partial charge in [-0.3, -0.25) is 4.79 Å². The van der Waals surface area contributed by atoms with Gasteiger partial charge in [0.2, 0.25) is 0 Å². The molecule has 2 aromatic rings. The Balaban J connectivity index is 1.90. The van der Waals surface area contributed by atoms with Gasteiger partial charge in [0.25, 0.3) is 5.91 Å². The summed E-state index contributed by atoms with van der Waals surface area (Å²) in [7, 11) is 1.57. The van der Waals surface area contributed by atoms with Crippen LogP contribution in [0.25, 0.3) is 0 Å². The number of amides is 1. The largest absolute Gasteiger partial charge is 0.496 e. The monoisotopic (exact) mass is 385 g/mol. The highest BCUT2D eigenvalue weighted by atomic mass is 16.5. The molecule has 0 spiro atoms. The summed E-state index contributed by atoms with van der Waals surface area (Å²) in [4.78, 5) is 24.6. The number of carbonyl (C=O) groups excluding carboxylic acids is 2. The fourth-order valence-electron chi connectivity index (χ4n) is 2.43. The number of nitrogens with one attached hydrogen (secondary N) is 1. The first-order valence-electron chi connectivity index (χ1n) is 9.24. The van der Waals surface area contributed by atoms with Crippen molar-refractivity contribution < 1.29 is 23.8 Å². The Morgan fingerprint density at radius 3 is 2.50 bits per heavy atom. The maximum absolute atomic E-state index is 12.3. The van der Waals surface area contributed by atoms with Crippen molar-refractivity contribution in [3.63, 3.8) is 0 Å². The third-order valence-electron chi connectivity index (χ3n) is 3.95. The molecule has 1 atom stereocenters. The van der Waals surface area contributed by atoms with E-state index in [0.29, 0.717) is 29.6 Å². The van der Waals surface area contributed by atoms with E-state index in [1.54, 1.807) is 31.4 Å². The number of carbonyl (C=O) groups is 2. The first kappa shape index (κ1) is 21.3. The van der Waals surface area contributed by atoms with E-state index < -0.39 is 12.1 Å². The van der Waals surface area contributed by atoms with Crippen molar-refractivity contribution in [1.82, 2.24) is 5.32 Å². The lowest BCUT2D eigenvalue weighted by atomic mass is 10.2. The van der Waals surface area contributed by atoms with Crippen LogP contribution in [0.1, 0.15) is 36.7 Å². The van der Waals surface area contributed by atoms with E-state index in [9.17, 15) is 9.59 Å². The molecule has 0 heterocycles. The molecule has 0 aromatic heterocycles. The van der Waals surface area contributed by atoms with Gasteiger partial charge in [0.05, 0.1) is 19.3 Å². The second kappa shape index (κ2) is 10.3. The smallest absolute Gasteiger partial charge is 0.339 e. The lowest BCUT2D eigenvalue weighted by molar-refractivity contribution is -0.129. The number of hydrogen-bond donors (Lipinski definition) is 1. The lowest BCUT2D eigenvalue weighted by Crippen LogP contribution is -2.35. The molecule has 2 aromatic carbocycles. The highest BCUT2D eigenvalue weighted by Gasteiger charge is 2.19. The first-order chi connectivity index (χ1) is 13.4. The van der Waals surface area contributed by atoms with Crippen molar-refractivity contribution in [3.05, 3.63) is 59.7 Å². The molecule has 1 amide bonds. The molecular formula is C22H27NO5. The Morgan fingerprint density at radius 1 is 1.04 bits per heavy atom. The molecule has 2 rings (SSSR count). The zero-order valence-electron chi connectivity index (χ0n) is 16.7. The molecule has 0 saturated heterocycles. The second-order valence-electron chi connectivity index (χ2n) is 6.81. The Hall–Kier alpha value is -3.02. The summed E-state index contributed by atoms with van der Waals surface area (Å²) in [6.07, 6.45) is -0.928. The van der Waals surface area contributed by atoms with Crippen molar-refractivity contribution in [2.24, 2.45) is 5.92 Å². The average molecular weight is 385 g/mol. The molecule has 28 heavy (non-hydrogen) atoms. The molecule has 0 bridgehead atoms. The molecule has 6 nitrogen and oxygen atoms in total. The van der Waals surface area contributed by atoms with Crippen molar-refractivity contribution in [2.45, 2.75) is 33.4 Å². The minimum absolute atomic E-state index is 0.281. The van der Waals surface area contributed by atoms with Crippen molar-refractivity contribution in [3.8, 4) is 11.5 Å². The van der Waals surface area contributed by atoms with Gasteiger partial charge in [-0.25, -0.2) is 4.79 Å². The molecule has 0 aliphatic carbocycles. The van der Waals surface area contributed by atoms with E-state index in [2.05, 4.69) is 5.32 Å². The molecule has 0 saturated carbocycles. The third-order valence-corrected chi connectivity index (χ3v) is 3.95. The molecule has 0 aliphatic heterocycles. The molecule has 0 radical (unpaired) electrons. The lowest BCUT2D eigenvalue weighted by Gasteiger charge is -2.15. The van der Waals surface area contributed by atoms with Crippen molar-refractivity contribution >= 4 is 11.9 Å². The van der Waals surface area contributed by atoms with Crippen LogP contribution >= 0.6 is 0 Å². The number of ether oxygens (including phenoxy) is 3. The maximum Gasteiger partial charge on any atom is 0.339 e. The van der Waals surface area contributed by atoms with Crippen molar-refractivity contribution in [1.29, 1.82) is 0 Å². The standard InChI is InChI=1S/C22H27NO5/c1-15(2)14-27-19-10-7-9-17(12-19)22(25)28-16(3)21(24)23-13-18-8-5-6-11-20(18)26-4/h5-12,15-16H,13-14H2,1-4H3,(H,23,24). The highest BCUT2D eigenvalue weighted by Crippen LogP contribution is 2.17. The van der Waals surface area contributed by atoms with Crippen LogP contribution in [-0.2, 0) is 16.1 Å². The number of hydrogen-bond acceptors (Lipinski definition) is 5. The van der Waals surface area contributed by atoms with Gasteiger partial charge in [-0.05, 0) is 37.1 Å². The summed E-state index contributed by atoms with van der Waals surface area (Å²) in [6, 6.07) is 14.1. The maximum atomic E-state index is 12.3. The van der Waals surface area contributed by atoms with Gasteiger partial charge in [-0.15, -0.1) is 0 Å². The number of esters is 1. The van der Waals surface area contributed by atoms with Crippen LogP contribution in [0.5, 0.6) is 11.5 Å². The topological polar surface area (TPSA) is 73.9 Å². The summed E-state index contributed by atoms with van der Waals surface area (Å²) in [5, 5.41) is 2.75. The zero-order valence-corrected chi connectivity index (χ0v) is 16.7. The quantitative estimate of drug-likeness (QED) is 0.668. The van der Waals surface area contributed by atoms with Gasteiger partial charge < -0.3 is 19.5 Å².